The van der Waals surface area contributed by atoms with Crippen LogP contribution in [0.15, 0.2) is 42.1 Å². The van der Waals surface area contributed by atoms with Crippen molar-refractivity contribution in [2.24, 2.45) is 5.73 Å². The monoisotopic (exact) mass is 329 g/mol. The fourth-order valence-corrected chi connectivity index (χ4v) is 3.19. The van der Waals surface area contributed by atoms with Crippen molar-refractivity contribution in [1.29, 1.82) is 0 Å². The predicted molar refractivity (Wildman–Crippen MR) is 90.1 cm³/mol. The highest BCUT2D eigenvalue weighted by Gasteiger charge is 2.20. The largest absolute Gasteiger partial charge is 0.366 e. The number of nitrogens with one attached hydrogen (secondary N) is 2. The Morgan fingerprint density at radius 1 is 1.23 bits per heavy atom. The zero-order chi connectivity index (χ0) is 15.7. The summed E-state index contributed by atoms with van der Waals surface area (Å²) in [5.41, 5.74) is 7.09. The Hall–Kier alpha value is -2.51. The highest BCUT2D eigenvalue weighted by Crippen LogP contribution is 2.30. The molecule has 2 heterocycles. The molecule has 0 aliphatic carbocycles. The molecule has 0 atom stereocenters. The molecule has 0 bridgehead atoms. The van der Waals surface area contributed by atoms with Gasteiger partial charge in [0.15, 0.2) is 5.11 Å². The first-order valence-corrected chi connectivity index (χ1v) is 7.59. The molecule has 3 rings (SSSR count). The van der Waals surface area contributed by atoms with Gasteiger partial charge < -0.3 is 11.1 Å². The molecule has 110 valence electrons. The van der Waals surface area contributed by atoms with Crippen molar-refractivity contribution in [3.05, 3.63) is 52.5 Å². The summed E-state index contributed by atoms with van der Waals surface area (Å²) < 4.78 is 0. The molecule has 1 aliphatic rings. The maximum absolute atomic E-state index is 11.6. The minimum Gasteiger partial charge on any atom is -0.366 e. The second-order valence-corrected chi connectivity index (χ2v) is 6.14. The van der Waals surface area contributed by atoms with Crippen molar-refractivity contribution < 1.29 is 9.59 Å². The summed E-state index contributed by atoms with van der Waals surface area (Å²) in [7, 11) is 0. The van der Waals surface area contributed by atoms with E-state index in [2.05, 4.69) is 10.6 Å². The Morgan fingerprint density at radius 2 is 2.05 bits per heavy atom. The molecule has 22 heavy (non-hydrogen) atoms. The lowest BCUT2D eigenvalue weighted by molar-refractivity contribution is -0.115. The SMILES string of the molecule is NC(=O)c1cccc(-c2ccc(/C=C3/NC(=S)NC3=O)s2)c1. The summed E-state index contributed by atoms with van der Waals surface area (Å²) in [6, 6.07) is 11.0. The number of amides is 2. The minimum atomic E-state index is -0.457. The molecular formula is C15H11N3O2S2. The first-order valence-electron chi connectivity index (χ1n) is 6.37. The van der Waals surface area contributed by atoms with Crippen LogP contribution in [0.5, 0.6) is 0 Å². The van der Waals surface area contributed by atoms with E-state index >= 15 is 0 Å². The van der Waals surface area contributed by atoms with E-state index < -0.39 is 5.91 Å². The standard InChI is InChI=1S/C15H11N3O2S2/c16-13(19)9-3-1-2-8(6-9)12-5-4-10(22-12)7-11-14(20)18-15(21)17-11/h1-7H,(H2,16,19)(H2,17,18,20,21)/b11-7+. The van der Waals surface area contributed by atoms with Gasteiger partial charge in [0.05, 0.1) is 0 Å². The number of thiophene rings is 1. The average molecular weight is 329 g/mol. The average Bonchev–Trinajstić information content (AvgIpc) is 3.06. The maximum atomic E-state index is 11.6. The van der Waals surface area contributed by atoms with Crippen LogP contribution in [0.2, 0.25) is 0 Å². The molecule has 4 N–H and O–H groups in total. The van der Waals surface area contributed by atoms with Crippen molar-refractivity contribution in [2.45, 2.75) is 0 Å². The number of hydrogen-bond acceptors (Lipinski definition) is 4. The lowest BCUT2D eigenvalue weighted by Crippen LogP contribution is -2.21. The number of primary amides is 1. The summed E-state index contributed by atoms with van der Waals surface area (Å²) in [6.45, 7) is 0. The van der Waals surface area contributed by atoms with E-state index in [-0.39, 0.29) is 5.91 Å². The summed E-state index contributed by atoms with van der Waals surface area (Å²) in [4.78, 5) is 24.7. The van der Waals surface area contributed by atoms with E-state index in [9.17, 15) is 9.59 Å². The third-order valence-corrected chi connectivity index (χ3v) is 4.35. The molecule has 1 aliphatic heterocycles. The fourth-order valence-electron chi connectivity index (χ4n) is 2.04. The van der Waals surface area contributed by atoms with E-state index in [1.807, 2.05) is 18.2 Å². The Balaban J connectivity index is 1.90. The molecule has 2 amide bonds. The van der Waals surface area contributed by atoms with E-state index in [4.69, 9.17) is 18.0 Å². The quantitative estimate of drug-likeness (QED) is 0.593. The van der Waals surface area contributed by atoms with E-state index in [1.165, 1.54) is 11.3 Å². The molecule has 1 fully saturated rings. The van der Waals surface area contributed by atoms with Gasteiger partial charge in [-0.15, -0.1) is 11.3 Å². The van der Waals surface area contributed by atoms with Gasteiger partial charge in [0, 0.05) is 15.3 Å². The zero-order valence-corrected chi connectivity index (χ0v) is 12.9. The van der Waals surface area contributed by atoms with Gasteiger partial charge in [0.2, 0.25) is 5.91 Å². The minimum absolute atomic E-state index is 0.240. The second kappa shape index (κ2) is 5.70. The number of carbonyl (C=O) groups is 2. The van der Waals surface area contributed by atoms with Gasteiger partial charge in [0.25, 0.3) is 5.91 Å². The Kier molecular flexibility index (Phi) is 3.74. The van der Waals surface area contributed by atoms with Gasteiger partial charge in [-0.05, 0) is 48.1 Å². The Morgan fingerprint density at radius 3 is 2.73 bits per heavy atom. The van der Waals surface area contributed by atoms with Crippen LogP contribution in [0.4, 0.5) is 0 Å². The number of thiocarbonyl (C=S) groups is 1. The lowest BCUT2D eigenvalue weighted by Gasteiger charge is -2.00. The third kappa shape index (κ3) is 2.90. The number of benzene rings is 1. The number of rotatable bonds is 3. The molecule has 1 aromatic carbocycles. The lowest BCUT2D eigenvalue weighted by atomic mass is 10.1. The highest BCUT2D eigenvalue weighted by molar-refractivity contribution is 7.80. The van der Waals surface area contributed by atoms with Crippen LogP contribution in [0.25, 0.3) is 16.5 Å². The number of hydrogen-bond donors (Lipinski definition) is 3. The van der Waals surface area contributed by atoms with Crippen LogP contribution >= 0.6 is 23.6 Å². The van der Waals surface area contributed by atoms with E-state index in [0.29, 0.717) is 16.4 Å². The van der Waals surface area contributed by atoms with E-state index in [1.54, 1.807) is 24.3 Å². The molecule has 1 saturated heterocycles. The first-order chi connectivity index (χ1) is 10.5. The second-order valence-electron chi connectivity index (χ2n) is 4.61. The number of nitrogens with two attached hydrogens (primary N) is 1. The van der Waals surface area contributed by atoms with Crippen molar-refractivity contribution in [3.63, 3.8) is 0 Å². The molecular weight excluding hydrogens is 318 g/mol. The number of carbonyl (C=O) groups excluding carboxylic acids is 2. The van der Waals surface area contributed by atoms with Crippen LogP contribution in [0.3, 0.4) is 0 Å². The van der Waals surface area contributed by atoms with Crippen LogP contribution in [-0.4, -0.2) is 16.9 Å². The molecule has 0 spiro atoms. The molecule has 0 radical (unpaired) electrons. The third-order valence-electron chi connectivity index (χ3n) is 3.06. The fraction of sp³-hybridized carbons (Fsp3) is 0. The molecule has 2 aromatic rings. The predicted octanol–water partition coefficient (Wildman–Crippen LogP) is 1.86. The van der Waals surface area contributed by atoms with Gasteiger partial charge in [-0.25, -0.2) is 0 Å². The van der Waals surface area contributed by atoms with Gasteiger partial charge in [-0.1, -0.05) is 12.1 Å². The molecule has 7 heteroatoms. The van der Waals surface area contributed by atoms with Gasteiger partial charge in [0.1, 0.15) is 5.70 Å². The zero-order valence-electron chi connectivity index (χ0n) is 11.3. The van der Waals surface area contributed by atoms with Gasteiger partial charge >= 0.3 is 0 Å². The summed E-state index contributed by atoms with van der Waals surface area (Å²) in [5.74, 6) is -0.697. The van der Waals surface area contributed by atoms with Crippen LogP contribution in [0.1, 0.15) is 15.2 Å². The van der Waals surface area contributed by atoms with Crippen LogP contribution in [0, 0.1) is 0 Å². The van der Waals surface area contributed by atoms with Crippen LogP contribution in [-0.2, 0) is 4.79 Å². The molecule has 0 unspecified atom stereocenters. The van der Waals surface area contributed by atoms with Crippen molar-refractivity contribution >= 4 is 46.6 Å². The van der Waals surface area contributed by atoms with Crippen molar-refractivity contribution in [1.82, 2.24) is 10.6 Å². The molecule has 0 saturated carbocycles. The van der Waals surface area contributed by atoms with Gasteiger partial charge in [-0.2, -0.15) is 0 Å². The maximum Gasteiger partial charge on any atom is 0.273 e. The summed E-state index contributed by atoms with van der Waals surface area (Å²) in [5, 5.41) is 5.62. The van der Waals surface area contributed by atoms with E-state index in [0.717, 1.165) is 15.3 Å². The first kappa shape index (κ1) is 14.4. The van der Waals surface area contributed by atoms with Crippen molar-refractivity contribution in [2.75, 3.05) is 0 Å². The van der Waals surface area contributed by atoms with Crippen LogP contribution < -0.4 is 16.4 Å². The molecule has 5 nitrogen and oxygen atoms in total. The smallest absolute Gasteiger partial charge is 0.273 e. The molecule has 1 aromatic heterocycles. The summed E-state index contributed by atoms with van der Waals surface area (Å²) in [6.07, 6.45) is 1.74. The normalized spacial score (nSPS) is 15.7. The summed E-state index contributed by atoms with van der Waals surface area (Å²) >= 11 is 6.39. The Labute approximate surface area is 135 Å². The highest BCUT2D eigenvalue weighted by atomic mass is 32.1. The Bertz CT molecular complexity index is 824. The van der Waals surface area contributed by atoms with Gasteiger partial charge in [-0.3, -0.25) is 14.9 Å². The topological polar surface area (TPSA) is 84.2 Å². The van der Waals surface area contributed by atoms with Crippen molar-refractivity contribution in [3.8, 4) is 10.4 Å².